The maximum atomic E-state index is 12.8. The highest BCUT2D eigenvalue weighted by Crippen LogP contribution is 2.27. The topological polar surface area (TPSA) is 137 Å². The molecule has 1 aliphatic heterocycles. The van der Waals surface area contributed by atoms with Crippen molar-refractivity contribution in [2.24, 2.45) is 0 Å². The number of benzene rings is 1. The molecule has 2 N–H and O–H groups in total. The molecule has 4 rings (SSSR count). The third-order valence-corrected chi connectivity index (χ3v) is 4.93. The molecule has 3 heterocycles. The number of hydrogen-bond acceptors (Lipinski definition) is 8. The molecule has 1 unspecified atom stereocenters. The van der Waals surface area contributed by atoms with Crippen molar-refractivity contribution in [1.29, 1.82) is 0 Å². The van der Waals surface area contributed by atoms with Crippen molar-refractivity contribution in [2.45, 2.75) is 26.8 Å². The molecular weight excluding hydrogens is 428 g/mol. The van der Waals surface area contributed by atoms with Crippen LogP contribution in [0.4, 0.5) is 4.79 Å². The molecule has 2 aromatic heterocycles. The quantitative estimate of drug-likeness (QED) is 0.542. The summed E-state index contributed by atoms with van der Waals surface area (Å²) in [5, 5.41) is 9.40. The van der Waals surface area contributed by atoms with Crippen LogP contribution in [0.2, 0.25) is 0 Å². The van der Waals surface area contributed by atoms with Crippen LogP contribution in [0.5, 0.6) is 0 Å². The molecule has 2 amide bonds. The molecular formula is C22H22N6O5. The number of nitrogens with one attached hydrogen (secondary N) is 2. The summed E-state index contributed by atoms with van der Waals surface area (Å²) < 4.78 is 12.0. The van der Waals surface area contributed by atoms with E-state index in [0.717, 1.165) is 11.4 Å². The molecule has 1 aromatic carbocycles. The van der Waals surface area contributed by atoms with Gasteiger partial charge < -0.3 is 20.1 Å². The van der Waals surface area contributed by atoms with E-state index < -0.39 is 24.0 Å². The molecule has 11 nitrogen and oxygen atoms in total. The standard InChI is InChI=1S/C22H22N6O5/c1-4-32-19(29)16-15(24-22(31)25-17(16)14-8-6-5-7-9-14)11-33-20(30)18-26-21-23-12(2)10-13(3)28(21)27-18/h5-10,17H,4,11H2,1-3H3,(H2,24,25,31). The zero-order valence-corrected chi connectivity index (χ0v) is 18.3. The SMILES string of the molecule is CCOC(=O)C1=C(COC(=O)c2nc3nc(C)cc(C)n3n2)NC(=O)NC1c1ccccc1. The van der Waals surface area contributed by atoms with Crippen molar-refractivity contribution in [3.63, 3.8) is 0 Å². The second-order valence-electron chi connectivity index (χ2n) is 7.32. The number of rotatable bonds is 6. The van der Waals surface area contributed by atoms with Crippen LogP contribution in [-0.4, -0.2) is 50.8 Å². The Hall–Kier alpha value is -4.28. The average Bonchev–Trinajstić information content (AvgIpc) is 3.22. The van der Waals surface area contributed by atoms with Crippen molar-refractivity contribution >= 4 is 23.7 Å². The van der Waals surface area contributed by atoms with Crippen LogP contribution in [0, 0.1) is 13.8 Å². The number of aromatic nitrogens is 4. The molecule has 170 valence electrons. The molecule has 0 saturated carbocycles. The minimum atomic E-state index is -0.822. The summed E-state index contributed by atoms with van der Waals surface area (Å²) in [6.07, 6.45) is 0. The van der Waals surface area contributed by atoms with Gasteiger partial charge in [-0.1, -0.05) is 30.3 Å². The number of esters is 2. The molecule has 1 aliphatic rings. The fourth-order valence-electron chi connectivity index (χ4n) is 3.53. The lowest BCUT2D eigenvalue weighted by Crippen LogP contribution is -2.47. The molecule has 0 saturated heterocycles. The first-order valence-electron chi connectivity index (χ1n) is 10.3. The molecule has 0 bridgehead atoms. The number of carbonyl (C=O) groups excluding carboxylic acids is 3. The van der Waals surface area contributed by atoms with Gasteiger partial charge in [0.15, 0.2) is 0 Å². The van der Waals surface area contributed by atoms with E-state index in [4.69, 9.17) is 9.47 Å². The number of urea groups is 1. The maximum Gasteiger partial charge on any atom is 0.378 e. The lowest BCUT2D eigenvalue weighted by Gasteiger charge is -2.29. The Labute approximate surface area is 188 Å². The van der Waals surface area contributed by atoms with Gasteiger partial charge in [0.1, 0.15) is 6.61 Å². The molecule has 3 aromatic rings. The smallest absolute Gasteiger partial charge is 0.378 e. The highest BCUT2D eigenvalue weighted by molar-refractivity contribution is 5.95. The third-order valence-electron chi connectivity index (χ3n) is 4.93. The van der Waals surface area contributed by atoms with Gasteiger partial charge in [-0.15, -0.1) is 5.10 Å². The van der Waals surface area contributed by atoms with Crippen LogP contribution in [0.15, 0.2) is 47.7 Å². The van der Waals surface area contributed by atoms with Crippen LogP contribution < -0.4 is 10.6 Å². The van der Waals surface area contributed by atoms with Crippen LogP contribution in [0.25, 0.3) is 5.78 Å². The van der Waals surface area contributed by atoms with Gasteiger partial charge in [-0.2, -0.15) is 4.98 Å². The minimum absolute atomic E-state index is 0.119. The van der Waals surface area contributed by atoms with Crippen LogP contribution >= 0.6 is 0 Å². The molecule has 1 atom stereocenters. The second kappa shape index (κ2) is 9.07. The molecule has 0 radical (unpaired) electrons. The highest BCUT2D eigenvalue weighted by atomic mass is 16.5. The van der Waals surface area contributed by atoms with Gasteiger partial charge in [0.05, 0.1) is 23.9 Å². The summed E-state index contributed by atoms with van der Waals surface area (Å²) in [6, 6.07) is 9.45. The Morgan fingerprint density at radius 2 is 1.85 bits per heavy atom. The summed E-state index contributed by atoms with van der Waals surface area (Å²) in [5.74, 6) is -1.37. The van der Waals surface area contributed by atoms with E-state index in [1.807, 2.05) is 26.0 Å². The predicted molar refractivity (Wildman–Crippen MR) is 115 cm³/mol. The summed E-state index contributed by atoms with van der Waals surface area (Å²) >= 11 is 0. The molecule has 0 fully saturated rings. The van der Waals surface area contributed by atoms with Crippen LogP contribution in [-0.2, 0) is 14.3 Å². The normalized spacial score (nSPS) is 15.7. The fraction of sp³-hybridized carbons (Fsp3) is 0.273. The van der Waals surface area contributed by atoms with Gasteiger partial charge in [-0.25, -0.2) is 23.9 Å². The van der Waals surface area contributed by atoms with Gasteiger partial charge in [0.25, 0.3) is 11.6 Å². The zero-order chi connectivity index (χ0) is 23.5. The monoisotopic (exact) mass is 450 g/mol. The Bertz CT molecular complexity index is 1270. The van der Waals surface area contributed by atoms with Gasteiger partial charge in [-0.05, 0) is 32.4 Å². The molecule has 0 spiro atoms. The predicted octanol–water partition coefficient (Wildman–Crippen LogP) is 1.77. The third kappa shape index (κ3) is 4.52. The Morgan fingerprint density at radius 3 is 2.58 bits per heavy atom. The molecule has 0 aliphatic carbocycles. The van der Waals surface area contributed by atoms with Crippen LogP contribution in [0.1, 0.15) is 40.5 Å². The van der Waals surface area contributed by atoms with E-state index in [1.165, 1.54) is 4.52 Å². The van der Waals surface area contributed by atoms with Crippen LogP contribution in [0.3, 0.4) is 0 Å². The number of carbonyl (C=O) groups is 3. The van der Waals surface area contributed by atoms with E-state index in [-0.39, 0.29) is 36.1 Å². The number of aryl methyl sites for hydroxylation is 2. The van der Waals surface area contributed by atoms with Gasteiger partial charge in [0.2, 0.25) is 0 Å². The summed E-state index contributed by atoms with van der Waals surface area (Å²) in [5.41, 5.74) is 2.44. The van der Waals surface area contributed by atoms with Gasteiger partial charge >= 0.3 is 18.0 Å². The number of nitrogens with zero attached hydrogens (tertiary/aromatic N) is 4. The number of fused-ring (bicyclic) bond motifs is 1. The Morgan fingerprint density at radius 1 is 1.09 bits per heavy atom. The zero-order valence-electron chi connectivity index (χ0n) is 18.3. The Balaban J connectivity index is 1.63. The second-order valence-corrected chi connectivity index (χ2v) is 7.32. The largest absolute Gasteiger partial charge is 0.463 e. The van der Waals surface area contributed by atoms with E-state index >= 15 is 0 Å². The Kier molecular flexibility index (Phi) is 6.03. The number of amides is 2. The van der Waals surface area contributed by atoms with Gasteiger partial charge in [-0.3, -0.25) is 0 Å². The number of ether oxygens (including phenoxy) is 2. The van der Waals surface area contributed by atoms with E-state index in [1.54, 1.807) is 31.2 Å². The molecule has 33 heavy (non-hydrogen) atoms. The van der Waals surface area contributed by atoms with E-state index in [0.29, 0.717) is 5.56 Å². The van der Waals surface area contributed by atoms with E-state index in [9.17, 15) is 14.4 Å². The van der Waals surface area contributed by atoms with Crippen molar-refractivity contribution < 1.29 is 23.9 Å². The molecule has 11 heteroatoms. The van der Waals surface area contributed by atoms with Crippen molar-refractivity contribution in [2.75, 3.05) is 13.2 Å². The first-order chi connectivity index (χ1) is 15.9. The first kappa shape index (κ1) is 21.9. The van der Waals surface area contributed by atoms with Crippen molar-refractivity contribution in [3.8, 4) is 0 Å². The minimum Gasteiger partial charge on any atom is -0.463 e. The maximum absolute atomic E-state index is 12.8. The lowest BCUT2D eigenvalue weighted by molar-refractivity contribution is -0.139. The lowest BCUT2D eigenvalue weighted by atomic mass is 9.95. The van der Waals surface area contributed by atoms with E-state index in [2.05, 4.69) is 25.7 Å². The fourth-order valence-corrected chi connectivity index (χ4v) is 3.53. The van der Waals surface area contributed by atoms with Crippen molar-refractivity contribution in [3.05, 3.63) is 70.4 Å². The highest BCUT2D eigenvalue weighted by Gasteiger charge is 2.34. The van der Waals surface area contributed by atoms with Gasteiger partial charge in [0, 0.05) is 11.4 Å². The summed E-state index contributed by atoms with van der Waals surface area (Å²) in [4.78, 5) is 46.0. The first-order valence-corrected chi connectivity index (χ1v) is 10.3. The average molecular weight is 450 g/mol. The summed E-state index contributed by atoms with van der Waals surface area (Å²) in [6.45, 7) is 5.06. The summed E-state index contributed by atoms with van der Waals surface area (Å²) in [7, 11) is 0. The van der Waals surface area contributed by atoms with Crippen molar-refractivity contribution in [1.82, 2.24) is 30.2 Å². The number of hydrogen-bond donors (Lipinski definition) is 2.